The molecule has 0 amide bonds. The summed E-state index contributed by atoms with van der Waals surface area (Å²) >= 11 is 0. The number of benzene rings is 1. The Morgan fingerprint density at radius 3 is 2.81 bits per heavy atom. The zero-order valence-corrected chi connectivity index (χ0v) is 11.2. The molecule has 4 nitrogen and oxygen atoms in total. The first-order valence-corrected chi connectivity index (χ1v) is 6.78. The Morgan fingerprint density at radius 2 is 2.19 bits per heavy atom. The Labute approximate surface area is 119 Å². The summed E-state index contributed by atoms with van der Waals surface area (Å²) in [5.74, 6) is 0.361. The minimum Gasteiger partial charge on any atom is -0.388 e. The predicted octanol–water partition coefficient (Wildman–Crippen LogP) is 2.73. The van der Waals surface area contributed by atoms with Crippen LogP contribution in [0, 0.1) is 0 Å². The lowest BCUT2D eigenvalue weighted by atomic mass is 10.2. The van der Waals surface area contributed by atoms with E-state index in [4.69, 9.17) is 4.74 Å². The lowest BCUT2D eigenvalue weighted by Crippen LogP contribution is -2.17. The standard InChI is InChI=1S/C14H15F3N2O2/c15-14(16,17)9-3-4-12-11(6-9)18-13(8-20)19(12)7-10-2-1-5-21-10/h3-4,6,10,20H,1-2,5,7-8H2. The molecule has 7 heteroatoms. The summed E-state index contributed by atoms with van der Waals surface area (Å²) in [4.78, 5) is 4.10. The second-order valence-electron chi connectivity index (χ2n) is 5.13. The van der Waals surface area contributed by atoms with Gasteiger partial charge in [-0.1, -0.05) is 0 Å². The molecular weight excluding hydrogens is 285 g/mol. The first kappa shape index (κ1) is 14.3. The summed E-state index contributed by atoms with van der Waals surface area (Å²) < 4.78 is 45.5. The van der Waals surface area contributed by atoms with Gasteiger partial charge >= 0.3 is 6.18 Å². The molecule has 0 spiro atoms. The van der Waals surface area contributed by atoms with Crippen molar-refractivity contribution in [1.29, 1.82) is 0 Å². The number of hydrogen-bond donors (Lipinski definition) is 1. The van der Waals surface area contributed by atoms with E-state index < -0.39 is 11.7 Å². The molecule has 1 fully saturated rings. The van der Waals surface area contributed by atoms with Gasteiger partial charge in [-0.15, -0.1) is 0 Å². The summed E-state index contributed by atoms with van der Waals surface area (Å²) in [6.45, 7) is 0.879. The molecule has 0 saturated carbocycles. The third-order valence-corrected chi connectivity index (χ3v) is 3.71. The van der Waals surface area contributed by atoms with Crippen LogP contribution in [0.4, 0.5) is 13.2 Å². The van der Waals surface area contributed by atoms with Crippen LogP contribution in [0.5, 0.6) is 0 Å². The number of alkyl halides is 3. The highest BCUT2D eigenvalue weighted by atomic mass is 19.4. The number of aliphatic hydroxyl groups is 1. The maximum absolute atomic E-state index is 12.7. The molecule has 1 N–H and O–H groups in total. The number of rotatable bonds is 3. The van der Waals surface area contributed by atoms with E-state index in [1.54, 1.807) is 4.57 Å². The van der Waals surface area contributed by atoms with Crippen LogP contribution in [-0.4, -0.2) is 27.4 Å². The zero-order chi connectivity index (χ0) is 15.0. The number of halogens is 3. The second kappa shape index (κ2) is 5.31. The summed E-state index contributed by atoms with van der Waals surface area (Å²) in [6.07, 6.45) is -2.49. The highest BCUT2D eigenvalue weighted by molar-refractivity contribution is 5.77. The quantitative estimate of drug-likeness (QED) is 0.948. The fourth-order valence-corrected chi connectivity index (χ4v) is 2.67. The van der Waals surface area contributed by atoms with Gasteiger partial charge in [-0.25, -0.2) is 4.98 Å². The summed E-state index contributed by atoms with van der Waals surface area (Å²) in [5.41, 5.74) is 0.0932. The van der Waals surface area contributed by atoms with Gasteiger partial charge in [-0.05, 0) is 31.0 Å². The van der Waals surface area contributed by atoms with Crippen LogP contribution in [0.15, 0.2) is 18.2 Å². The molecule has 1 aliphatic rings. The molecule has 2 aromatic rings. The average Bonchev–Trinajstić information content (AvgIpc) is 3.05. The average molecular weight is 300 g/mol. The molecule has 3 rings (SSSR count). The Morgan fingerprint density at radius 1 is 1.38 bits per heavy atom. The molecule has 1 aliphatic heterocycles. The number of aliphatic hydroxyl groups excluding tert-OH is 1. The highest BCUT2D eigenvalue weighted by Gasteiger charge is 2.31. The van der Waals surface area contributed by atoms with Crippen molar-refractivity contribution in [2.75, 3.05) is 6.61 Å². The number of fused-ring (bicyclic) bond motifs is 1. The fourth-order valence-electron chi connectivity index (χ4n) is 2.67. The molecular formula is C14H15F3N2O2. The van der Waals surface area contributed by atoms with Gasteiger partial charge in [0.05, 0.1) is 29.2 Å². The van der Waals surface area contributed by atoms with Crippen molar-refractivity contribution >= 4 is 11.0 Å². The number of ether oxygens (including phenoxy) is 1. The molecule has 21 heavy (non-hydrogen) atoms. The summed E-state index contributed by atoms with van der Waals surface area (Å²) in [7, 11) is 0. The van der Waals surface area contributed by atoms with E-state index in [-0.39, 0.29) is 18.2 Å². The van der Waals surface area contributed by atoms with Gasteiger partial charge in [0.2, 0.25) is 0 Å². The highest BCUT2D eigenvalue weighted by Crippen LogP contribution is 2.32. The molecule has 0 bridgehead atoms. The maximum atomic E-state index is 12.7. The van der Waals surface area contributed by atoms with Crippen LogP contribution in [0.1, 0.15) is 24.2 Å². The van der Waals surface area contributed by atoms with Crippen molar-refractivity contribution in [2.24, 2.45) is 0 Å². The van der Waals surface area contributed by atoms with Crippen LogP contribution < -0.4 is 0 Å². The van der Waals surface area contributed by atoms with Crippen LogP contribution >= 0.6 is 0 Å². The van der Waals surface area contributed by atoms with E-state index in [9.17, 15) is 18.3 Å². The Kier molecular flexibility index (Phi) is 3.62. The second-order valence-corrected chi connectivity index (χ2v) is 5.13. The van der Waals surface area contributed by atoms with Crippen molar-refractivity contribution < 1.29 is 23.0 Å². The fraction of sp³-hybridized carbons (Fsp3) is 0.500. The molecule has 114 valence electrons. The molecule has 2 heterocycles. The van der Waals surface area contributed by atoms with Gasteiger partial charge in [-0.3, -0.25) is 0 Å². The first-order chi connectivity index (χ1) is 9.99. The summed E-state index contributed by atoms with van der Waals surface area (Å²) in [6, 6.07) is 3.46. The van der Waals surface area contributed by atoms with E-state index in [0.717, 1.165) is 25.0 Å². The molecule has 1 atom stereocenters. The van der Waals surface area contributed by atoms with Crippen LogP contribution in [0.25, 0.3) is 11.0 Å². The largest absolute Gasteiger partial charge is 0.416 e. The number of imidazole rings is 1. The van der Waals surface area contributed by atoms with Crippen molar-refractivity contribution in [1.82, 2.24) is 9.55 Å². The lowest BCUT2D eigenvalue weighted by molar-refractivity contribution is -0.137. The van der Waals surface area contributed by atoms with E-state index in [1.807, 2.05) is 0 Å². The van der Waals surface area contributed by atoms with Crippen LogP contribution in [0.2, 0.25) is 0 Å². The Balaban J connectivity index is 2.01. The maximum Gasteiger partial charge on any atom is 0.416 e. The van der Waals surface area contributed by atoms with Crippen LogP contribution in [0.3, 0.4) is 0 Å². The monoisotopic (exact) mass is 300 g/mol. The van der Waals surface area contributed by atoms with E-state index in [1.165, 1.54) is 6.07 Å². The van der Waals surface area contributed by atoms with E-state index in [0.29, 0.717) is 24.5 Å². The Hall–Kier alpha value is -1.60. The number of hydrogen-bond acceptors (Lipinski definition) is 3. The number of nitrogens with zero attached hydrogens (tertiary/aromatic N) is 2. The van der Waals surface area contributed by atoms with Crippen molar-refractivity contribution in [3.8, 4) is 0 Å². The smallest absolute Gasteiger partial charge is 0.388 e. The normalized spacial score (nSPS) is 19.5. The molecule has 1 unspecified atom stereocenters. The van der Waals surface area contributed by atoms with Gasteiger partial charge in [0.1, 0.15) is 12.4 Å². The van der Waals surface area contributed by atoms with Crippen molar-refractivity contribution in [2.45, 2.75) is 38.3 Å². The molecule has 1 saturated heterocycles. The summed E-state index contributed by atoms with van der Waals surface area (Å²) in [5, 5.41) is 9.38. The molecule has 0 radical (unpaired) electrons. The van der Waals surface area contributed by atoms with Gasteiger partial charge in [-0.2, -0.15) is 13.2 Å². The Bertz CT molecular complexity index is 645. The molecule has 0 aliphatic carbocycles. The lowest BCUT2D eigenvalue weighted by Gasteiger charge is -2.13. The topological polar surface area (TPSA) is 47.3 Å². The molecule has 1 aromatic heterocycles. The number of aromatic nitrogens is 2. The minimum absolute atomic E-state index is 0.0231. The van der Waals surface area contributed by atoms with Crippen molar-refractivity contribution in [3.05, 3.63) is 29.6 Å². The predicted molar refractivity (Wildman–Crippen MR) is 69.6 cm³/mol. The minimum atomic E-state index is -4.40. The van der Waals surface area contributed by atoms with Gasteiger partial charge in [0.15, 0.2) is 0 Å². The third-order valence-electron chi connectivity index (χ3n) is 3.71. The van der Waals surface area contributed by atoms with Crippen molar-refractivity contribution in [3.63, 3.8) is 0 Å². The van der Waals surface area contributed by atoms with Gasteiger partial charge < -0.3 is 14.4 Å². The van der Waals surface area contributed by atoms with Gasteiger partial charge in [0, 0.05) is 6.61 Å². The first-order valence-electron chi connectivity index (χ1n) is 6.78. The van der Waals surface area contributed by atoms with E-state index in [2.05, 4.69) is 4.98 Å². The van der Waals surface area contributed by atoms with E-state index >= 15 is 0 Å². The zero-order valence-electron chi connectivity index (χ0n) is 11.2. The third kappa shape index (κ3) is 2.75. The van der Waals surface area contributed by atoms with Crippen LogP contribution in [-0.2, 0) is 24.1 Å². The van der Waals surface area contributed by atoms with Gasteiger partial charge in [0.25, 0.3) is 0 Å². The molecule has 1 aromatic carbocycles. The SMILES string of the molecule is OCc1nc2cc(C(F)(F)F)ccc2n1CC1CCCO1.